The molecule has 7 nitrogen and oxygen atoms in total. The Morgan fingerprint density at radius 1 is 1.32 bits per heavy atom. The molecule has 0 unspecified atom stereocenters. The molecule has 0 radical (unpaired) electrons. The van der Waals surface area contributed by atoms with Gasteiger partial charge in [-0.3, -0.25) is 4.79 Å². The number of halogens is 3. The molecule has 1 aromatic carbocycles. The van der Waals surface area contributed by atoms with E-state index in [0.29, 0.717) is 0 Å². The van der Waals surface area contributed by atoms with Gasteiger partial charge in [-0.25, -0.2) is 0 Å². The summed E-state index contributed by atoms with van der Waals surface area (Å²) < 4.78 is 20.9. The van der Waals surface area contributed by atoms with Crippen molar-refractivity contribution in [1.29, 1.82) is 0 Å². The van der Waals surface area contributed by atoms with Crippen molar-refractivity contribution in [3.63, 3.8) is 0 Å². The van der Waals surface area contributed by atoms with Crippen LogP contribution in [0.25, 0.3) is 0 Å². The van der Waals surface area contributed by atoms with Crippen LogP contribution in [0.3, 0.4) is 0 Å². The fourth-order valence-electron chi connectivity index (χ4n) is 3.13. The van der Waals surface area contributed by atoms with Gasteiger partial charge in [0.15, 0.2) is 12.6 Å². The first kappa shape index (κ1) is 21.8. The van der Waals surface area contributed by atoms with E-state index in [4.69, 9.17) is 53.8 Å². The highest BCUT2D eigenvalue weighted by Gasteiger charge is 2.51. The minimum atomic E-state index is -2.21. The predicted octanol–water partition coefficient (Wildman–Crippen LogP) is 2.24. The van der Waals surface area contributed by atoms with Gasteiger partial charge in [-0.2, -0.15) is 0 Å². The molecule has 6 atom stereocenters. The Morgan fingerprint density at radius 3 is 2.68 bits per heavy atom. The van der Waals surface area contributed by atoms with Crippen molar-refractivity contribution in [2.75, 3.05) is 13.2 Å². The van der Waals surface area contributed by atoms with Crippen LogP contribution >= 0.6 is 34.8 Å². The summed E-state index contributed by atoms with van der Waals surface area (Å²) in [6.07, 6.45) is -2.57. The molecule has 0 saturated carbocycles. The molecule has 10 heteroatoms. The van der Waals surface area contributed by atoms with E-state index in [-0.39, 0.29) is 13.2 Å². The quantitative estimate of drug-likeness (QED) is 0.526. The van der Waals surface area contributed by atoms with Gasteiger partial charge in [-0.05, 0) is 0 Å². The van der Waals surface area contributed by atoms with Gasteiger partial charge >= 0.3 is 0 Å². The molecular weight excluding hydrogens is 433 g/mol. The summed E-state index contributed by atoms with van der Waals surface area (Å²) in [5, 5.41) is 12.9. The number of alkyl halides is 3. The Kier molecular flexibility index (Phi) is 7.22. The third-order valence-electron chi connectivity index (χ3n) is 4.39. The number of hydrogen-bond donors (Lipinski definition) is 2. The Balaban J connectivity index is 1.82. The van der Waals surface area contributed by atoms with E-state index < -0.39 is 46.6 Å². The van der Waals surface area contributed by atoms with Crippen LogP contribution in [-0.2, 0) is 23.7 Å². The Hall–Kier alpha value is -0.900. The lowest BCUT2D eigenvalue weighted by atomic mass is 9.95. The summed E-state index contributed by atoms with van der Waals surface area (Å²) in [4.78, 5) is 12.1. The molecule has 2 saturated heterocycles. The van der Waals surface area contributed by atoms with Gasteiger partial charge in [-0.1, -0.05) is 71.2 Å². The SMILES string of the molecule is C=CCO[C@@H]1[C@@H](NC(=O)C(Cl)(Cl)Cl)[C@H](O)O[C@@H]2CO[C@H](c3ccccc3)O[C@H]12. The predicted molar refractivity (Wildman–Crippen MR) is 103 cm³/mol. The van der Waals surface area contributed by atoms with Crippen LogP contribution < -0.4 is 5.32 Å². The van der Waals surface area contributed by atoms with Gasteiger partial charge in [0, 0.05) is 5.56 Å². The second kappa shape index (κ2) is 9.28. The average Bonchev–Trinajstić information content (AvgIpc) is 2.67. The molecule has 0 aromatic heterocycles. The number of ether oxygens (including phenoxy) is 4. The fraction of sp³-hybridized carbons (Fsp3) is 0.500. The molecule has 3 rings (SSSR count). The summed E-state index contributed by atoms with van der Waals surface area (Å²) in [6, 6.07) is 8.32. The normalized spacial score (nSPS) is 33.0. The molecular formula is C18H20Cl3NO6. The van der Waals surface area contributed by atoms with Crippen molar-refractivity contribution >= 4 is 40.7 Å². The summed E-state index contributed by atoms with van der Waals surface area (Å²) in [6.45, 7) is 3.94. The van der Waals surface area contributed by atoms with Crippen LogP contribution in [0.15, 0.2) is 43.0 Å². The van der Waals surface area contributed by atoms with E-state index in [2.05, 4.69) is 11.9 Å². The number of amides is 1. The first-order valence-corrected chi connectivity index (χ1v) is 9.70. The minimum Gasteiger partial charge on any atom is -0.369 e. The van der Waals surface area contributed by atoms with Crippen molar-refractivity contribution < 1.29 is 28.8 Å². The van der Waals surface area contributed by atoms with Crippen LogP contribution in [0.4, 0.5) is 0 Å². The highest BCUT2D eigenvalue weighted by atomic mass is 35.6. The molecule has 2 fully saturated rings. The molecule has 2 aliphatic rings. The van der Waals surface area contributed by atoms with E-state index in [1.165, 1.54) is 0 Å². The first-order valence-electron chi connectivity index (χ1n) is 8.57. The van der Waals surface area contributed by atoms with Crippen LogP contribution in [0, 0.1) is 0 Å². The minimum absolute atomic E-state index is 0.154. The maximum absolute atomic E-state index is 12.1. The number of carbonyl (C=O) groups is 1. The lowest BCUT2D eigenvalue weighted by molar-refractivity contribution is -0.341. The van der Waals surface area contributed by atoms with Crippen LogP contribution in [0.5, 0.6) is 0 Å². The van der Waals surface area contributed by atoms with E-state index >= 15 is 0 Å². The second-order valence-electron chi connectivity index (χ2n) is 6.33. The summed E-state index contributed by atoms with van der Waals surface area (Å²) in [5.41, 5.74) is 0.816. The third kappa shape index (κ3) is 4.98. The zero-order chi connectivity index (χ0) is 20.3. The second-order valence-corrected chi connectivity index (χ2v) is 8.61. The van der Waals surface area contributed by atoms with Gasteiger partial charge in [0.05, 0.1) is 13.2 Å². The van der Waals surface area contributed by atoms with Crippen molar-refractivity contribution in [2.45, 2.75) is 40.7 Å². The molecule has 2 N–H and O–H groups in total. The highest BCUT2D eigenvalue weighted by Crippen LogP contribution is 2.35. The molecule has 154 valence electrons. The molecule has 0 spiro atoms. The van der Waals surface area contributed by atoms with E-state index in [0.717, 1.165) is 5.56 Å². The summed E-state index contributed by atoms with van der Waals surface area (Å²) >= 11 is 16.9. The number of aliphatic hydroxyl groups is 1. The maximum atomic E-state index is 12.1. The lowest BCUT2D eigenvalue weighted by Crippen LogP contribution is -2.67. The molecule has 1 aromatic rings. The smallest absolute Gasteiger partial charge is 0.272 e. The number of carbonyl (C=O) groups excluding carboxylic acids is 1. The molecule has 2 heterocycles. The monoisotopic (exact) mass is 451 g/mol. The topological polar surface area (TPSA) is 86.3 Å². The van der Waals surface area contributed by atoms with Crippen LogP contribution in [0.2, 0.25) is 0 Å². The molecule has 2 aliphatic heterocycles. The van der Waals surface area contributed by atoms with Crippen molar-refractivity contribution in [3.05, 3.63) is 48.6 Å². The van der Waals surface area contributed by atoms with E-state index in [1.54, 1.807) is 6.08 Å². The third-order valence-corrected chi connectivity index (χ3v) is 4.91. The standard InChI is InChI=1S/C18H20Cl3NO6/c1-2-8-25-14-12(22-17(24)18(19,20)21)15(23)27-11-9-26-16(28-13(11)14)10-6-4-3-5-7-10/h2-7,11-16,23H,1,8-9H2,(H,22,24)/t11-,12-,13+,14-,15-,16+/m1/s1. The number of rotatable bonds is 5. The first-order chi connectivity index (χ1) is 13.3. The number of aliphatic hydroxyl groups excluding tert-OH is 1. The zero-order valence-electron chi connectivity index (χ0n) is 14.7. The largest absolute Gasteiger partial charge is 0.369 e. The number of nitrogens with one attached hydrogen (secondary N) is 1. The van der Waals surface area contributed by atoms with Crippen LogP contribution in [-0.4, -0.2) is 58.7 Å². The van der Waals surface area contributed by atoms with Gasteiger partial charge in [0.1, 0.15) is 24.4 Å². The maximum Gasteiger partial charge on any atom is 0.272 e. The van der Waals surface area contributed by atoms with Gasteiger partial charge in [0.25, 0.3) is 9.70 Å². The Labute approximate surface area is 177 Å². The van der Waals surface area contributed by atoms with Gasteiger partial charge in [-0.15, -0.1) is 6.58 Å². The number of fused-ring (bicyclic) bond motifs is 1. The summed E-state index contributed by atoms with van der Waals surface area (Å²) in [5.74, 6) is -0.914. The molecule has 1 amide bonds. The molecule has 28 heavy (non-hydrogen) atoms. The highest BCUT2D eigenvalue weighted by molar-refractivity contribution is 6.76. The fourth-order valence-corrected chi connectivity index (χ4v) is 3.30. The number of benzene rings is 1. The zero-order valence-corrected chi connectivity index (χ0v) is 16.9. The van der Waals surface area contributed by atoms with E-state index in [9.17, 15) is 9.90 Å². The van der Waals surface area contributed by atoms with Crippen LogP contribution in [0.1, 0.15) is 11.9 Å². The van der Waals surface area contributed by atoms with Crippen molar-refractivity contribution in [2.24, 2.45) is 0 Å². The summed E-state index contributed by atoms with van der Waals surface area (Å²) in [7, 11) is 0. The average molecular weight is 453 g/mol. The van der Waals surface area contributed by atoms with Gasteiger partial charge in [0.2, 0.25) is 0 Å². The molecule has 0 aliphatic carbocycles. The molecule has 0 bridgehead atoms. The van der Waals surface area contributed by atoms with Crippen molar-refractivity contribution in [3.8, 4) is 0 Å². The van der Waals surface area contributed by atoms with Crippen molar-refractivity contribution in [1.82, 2.24) is 5.32 Å². The Bertz CT molecular complexity index is 686. The number of hydrogen-bond acceptors (Lipinski definition) is 6. The van der Waals surface area contributed by atoms with Gasteiger partial charge < -0.3 is 29.4 Å². The van der Waals surface area contributed by atoms with E-state index in [1.807, 2.05) is 30.3 Å². The Morgan fingerprint density at radius 2 is 2.04 bits per heavy atom. The lowest BCUT2D eigenvalue weighted by Gasteiger charge is -2.48.